The SMILES string of the molecule is FP(F)(=S)C(Cl)Cl. The highest BCUT2D eigenvalue weighted by Gasteiger charge is 2.22. The van der Waals surface area contributed by atoms with E-state index in [4.69, 9.17) is 23.2 Å². The first kappa shape index (κ1) is 8.09. The van der Waals surface area contributed by atoms with Gasteiger partial charge in [0.15, 0.2) is 4.58 Å². The van der Waals surface area contributed by atoms with E-state index in [2.05, 4.69) is 11.8 Å². The molecule has 6 heteroatoms. The molecule has 44 valence electrons. The smallest absolute Gasteiger partial charge is 0.179 e. The van der Waals surface area contributed by atoms with E-state index in [1.807, 2.05) is 0 Å². The quantitative estimate of drug-likeness (QED) is 0.446. The predicted molar refractivity (Wildman–Crippen MR) is 32.0 cm³/mol. The molecule has 0 rings (SSSR count). The molecule has 0 atom stereocenters. The van der Waals surface area contributed by atoms with Gasteiger partial charge in [-0.2, -0.15) is 8.39 Å². The van der Waals surface area contributed by atoms with Crippen LogP contribution in [0.25, 0.3) is 0 Å². The minimum absolute atomic E-state index is 1.66. The molecular weight excluding hydrogens is 184 g/mol. The topological polar surface area (TPSA) is 0 Å². The average Bonchev–Trinajstić information content (AvgIpc) is 1.31. The molecule has 0 aromatic carbocycles. The zero-order valence-corrected chi connectivity index (χ0v) is 6.17. The molecule has 0 spiro atoms. The Hall–Kier alpha value is 1.09. The molecule has 0 saturated heterocycles. The van der Waals surface area contributed by atoms with Gasteiger partial charge in [0.1, 0.15) is 0 Å². The lowest BCUT2D eigenvalue weighted by Gasteiger charge is -1.97. The van der Waals surface area contributed by atoms with Crippen LogP contribution in [-0.4, -0.2) is 4.58 Å². The molecule has 0 unspecified atom stereocenters. The third-order valence-electron chi connectivity index (χ3n) is 0.227. The van der Waals surface area contributed by atoms with Crippen LogP contribution in [0.2, 0.25) is 0 Å². The Balaban J connectivity index is 3.80. The van der Waals surface area contributed by atoms with E-state index >= 15 is 0 Å². The third kappa shape index (κ3) is 3.65. The van der Waals surface area contributed by atoms with Crippen LogP contribution in [0.3, 0.4) is 0 Å². The van der Waals surface area contributed by atoms with E-state index in [0.717, 1.165) is 0 Å². The molecule has 0 fully saturated rings. The van der Waals surface area contributed by atoms with Gasteiger partial charge in [-0.15, -0.1) is 0 Å². The lowest BCUT2D eigenvalue weighted by atomic mass is 11.9. The minimum Gasteiger partial charge on any atom is -0.179 e. The highest BCUT2D eigenvalue weighted by atomic mass is 35.5. The molecule has 0 nitrogen and oxygen atoms in total. The Kier molecular flexibility index (Phi) is 2.99. The molecule has 0 aliphatic heterocycles. The first-order valence-electron chi connectivity index (χ1n) is 1.22. The molecular formula is CHCl2F2PS. The van der Waals surface area contributed by atoms with Gasteiger partial charge in [0.05, 0.1) is 0 Å². The first-order chi connectivity index (χ1) is 2.94. The van der Waals surface area contributed by atoms with Gasteiger partial charge in [0, 0.05) is 0 Å². The van der Waals surface area contributed by atoms with Crippen molar-refractivity contribution in [2.45, 2.75) is 4.58 Å². The van der Waals surface area contributed by atoms with Crippen LogP contribution in [0.15, 0.2) is 0 Å². The fourth-order valence-corrected chi connectivity index (χ4v) is 0. The van der Waals surface area contributed by atoms with Crippen LogP contribution < -0.4 is 0 Å². The van der Waals surface area contributed by atoms with Crippen molar-refractivity contribution < 1.29 is 8.39 Å². The summed E-state index contributed by atoms with van der Waals surface area (Å²) in [6.07, 6.45) is 0. The normalized spacial score (nSPS) is 12.7. The summed E-state index contributed by atoms with van der Waals surface area (Å²) >= 11 is 13.1. The van der Waals surface area contributed by atoms with Crippen LogP contribution in [0.4, 0.5) is 8.39 Å². The fourth-order valence-electron chi connectivity index (χ4n) is 0. The molecule has 0 aliphatic carbocycles. The Bertz CT molecular complexity index is 97.9. The maximum Gasteiger partial charge on any atom is 0.304 e. The Morgan fingerprint density at radius 3 is 1.57 bits per heavy atom. The summed E-state index contributed by atoms with van der Waals surface area (Å²) < 4.78 is 21.3. The van der Waals surface area contributed by atoms with Gasteiger partial charge in [-0.3, -0.25) is 0 Å². The van der Waals surface area contributed by atoms with Crippen molar-refractivity contribution in [3.8, 4) is 0 Å². The van der Waals surface area contributed by atoms with Gasteiger partial charge in [-0.1, -0.05) is 23.2 Å². The average molecular weight is 185 g/mol. The maximum atomic E-state index is 11.5. The molecule has 0 bridgehead atoms. The molecule has 0 saturated carbocycles. The van der Waals surface area contributed by atoms with Crippen LogP contribution >= 0.6 is 29.9 Å². The van der Waals surface area contributed by atoms with E-state index in [9.17, 15) is 8.39 Å². The van der Waals surface area contributed by atoms with E-state index in [1.54, 1.807) is 0 Å². The molecule has 0 aromatic rings. The lowest BCUT2D eigenvalue weighted by Crippen LogP contribution is -1.74. The van der Waals surface area contributed by atoms with Crippen LogP contribution in [-0.2, 0) is 11.8 Å². The Morgan fingerprint density at radius 1 is 1.43 bits per heavy atom. The summed E-state index contributed by atoms with van der Waals surface area (Å²) in [5.41, 5.74) is 0. The van der Waals surface area contributed by atoms with Gasteiger partial charge in [0.2, 0.25) is 0 Å². The third-order valence-corrected chi connectivity index (χ3v) is 3.48. The van der Waals surface area contributed by atoms with Crippen molar-refractivity contribution in [3.63, 3.8) is 0 Å². The highest BCUT2D eigenvalue weighted by molar-refractivity contribution is 8.11. The molecule has 0 aliphatic rings. The molecule has 0 N–H and O–H groups in total. The molecule has 0 aromatic heterocycles. The summed E-state index contributed by atoms with van der Waals surface area (Å²) in [4.78, 5) is 0. The summed E-state index contributed by atoms with van der Waals surface area (Å²) in [6.45, 7) is -4.37. The number of halogens is 4. The van der Waals surface area contributed by atoms with Gasteiger partial charge in [-0.05, 0) is 11.8 Å². The summed E-state index contributed by atoms with van der Waals surface area (Å²) in [5.74, 6) is 0. The summed E-state index contributed by atoms with van der Waals surface area (Å²) in [5, 5.41) is 0. The van der Waals surface area contributed by atoms with Crippen molar-refractivity contribution in [1.82, 2.24) is 0 Å². The second-order valence-corrected chi connectivity index (χ2v) is 5.47. The number of hydrogen-bond acceptors (Lipinski definition) is 1. The van der Waals surface area contributed by atoms with Crippen LogP contribution in [0.1, 0.15) is 0 Å². The predicted octanol–water partition coefficient (Wildman–Crippen LogP) is 3.00. The van der Waals surface area contributed by atoms with E-state index < -0.39 is 11.2 Å². The molecule has 7 heavy (non-hydrogen) atoms. The Morgan fingerprint density at radius 2 is 1.57 bits per heavy atom. The van der Waals surface area contributed by atoms with Crippen LogP contribution in [0.5, 0.6) is 0 Å². The second kappa shape index (κ2) is 2.58. The van der Waals surface area contributed by atoms with Gasteiger partial charge in [0.25, 0.3) is 0 Å². The first-order valence-corrected chi connectivity index (χ1v) is 4.74. The number of alkyl halides is 2. The minimum atomic E-state index is -4.37. The highest BCUT2D eigenvalue weighted by Crippen LogP contribution is 2.57. The van der Waals surface area contributed by atoms with Crippen molar-refractivity contribution in [3.05, 3.63) is 0 Å². The summed E-state index contributed by atoms with van der Waals surface area (Å²) in [7, 11) is 0. The van der Waals surface area contributed by atoms with Crippen LogP contribution in [0, 0.1) is 0 Å². The molecule has 0 amide bonds. The Labute approximate surface area is 55.0 Å². The monoisotopic (exact) mass is 184 g/mol. The molecule has 0 heterocycles. The number of hydrogen-bond donors (Lipinski definition) is 0. The zero-order valence-electron chi connectivity index (χ0n) is 2.94. The van der Waals surface area contributed by atoms with Crippen molar-refractivity contribution in [2.24, 2.45) is 0 Å². The fraction of sp³-hybridized carbons (Fsp3) is 1.00. The summed E-state index contributed by atoms with van der Waals surface area (Å²) in [6, 6.07) is 0. The molecule has 0 radical (unpaired) electrons. The van der Waals surface area contributed by atoms with Gasteiger partial charge >= 0.3 is 6.66 Å². The maximum absolute atomic E-state index is 11.5. The largest absolute Gasteiger partial charge is 0.304 e. The van der Waals surface area contributed by atoms with Crippen molar-refractivity contribution >= 4 is 41.7 Å². The van der Waals surface area contributed by atoms with Crippen molar-refractivity contribution in [2.75, 3.05) is 0 Å². The van der Waals surface area contributed by atoms with E-state index in [1.165, 1.54) is 0 Å². The van der Waals surface area contributed by atoms with Gasteiger partial charge in [-0.25, -0.2) is 0 Å². The zero-order chi connectivity index (χ0) is 6.08. The standard InChI is InChI=1S/CHCl2F2PS/c2-1(3)6(4,5)7/h1H. The lowest BCUT2D eigenvalue weighted by molar-refractivity contribution is 0.744. The van der Waals surface area contributed by atoms with E-state index in [-0.39, 0.29) is 0 Å². The second-order valence-electron chi connectivity index (χ2n) is 0.780. The number of rotatable bonds is 1. The van der Waals surface area contributed by atoms with E-state index in [0.29, 0.717) is 0 Å². The van der Waals surface area contributed by atoms with Crippen molar-refractivity contribution in [1.29, 1.82) is 0 Å². The van der Waals surface area contributed by atoms with Gasteiger partial charge < -0.3 is 0 Å².